The minimum absolute atomic E-state index is 0.676. The van der Waals surface area contributed by atoms with E-state index in [0.717, 1.165) is 28.0 Å². The van der Waals surface area contributed by atoms with Gasteiger partial charge in [0.2, 0.25) is 5.95 Å². The van der Waals surface area contributed by atoms with E-state index in [1.807, 2.05) is 31.2 Å². The quantitative estimate of drug-likeness (QED) is 0.754. The van der Waals surface area contributed by atoms with Crippen LogP contribution in [0.25, 0.3) is 11.0 Å². The minimum Gasteiger partial charge on any atom is -0.494 e. The number of benzene rings is 1. The lowest BCUT2D eigenvalue weighted by Crippen LogP contribution is -1.95. The van der Waals surface area contributed by atoms with Crippen LogP contribution in [0.1, 0.15) is 5.56 Å². The molecule has 3 aromatic rings. The van der Waals surface area contributed by atoms with Gasteiger partial charge in [-0.1, -0.05) is 6.07 Å². The van der Waals surface area contributed by atoms with Crippen LogP contribution in [0.4, 0.5) is 11.6 Å². The Morgan fingerprint density at radius 1 is 1.26 bits per heavy atom. The zero-order valence-electron chi connectivity index (χ0n) is 10.8. The monoisotopic (exact) mass is 254 g/mol. The van der Waals surface area contributed by atoms with Crippen LogP contribution >= 0.6 is 0 Å². The number of ether oxygens (including phenoxy) is 1. The van der Waals surface area contributed by atoms with E-state index in [9.17, 15) is 0 Å². The van der Waals surface area contributed by atoms with Crippen LogP contribution in [0.15, 0.2) is 36.7 Å². The van der Waals surface area contributed by atoms with E-state index in [2.05, 4.69) is 20.3 Å². The fourth-order valence-electron chi connectivity index (χ4n) is 1.95. The van der Waals surface area contributed by atoms with E-state index < -0.39 is 0 Å². The van der Waals surface area contributed by atoms with Gasteiger partial charge in [-0.3, -0.25) is 4.98 Å². The molecule has 0 radical (unpaired) electrons. The Labute approximate surface area is 110 Å². The molecule has 5 heteroatoms. The molecule has 0 aliphatic carbocycles. The van der Waals surface area contributed by atoms with Crippen LogP contribution in [0.5, 0.6) is 5.75 Å². The van der Waals surface area contributed by atoms with Crippen LogP contribution in [0.3, 0.4) is 0 Å². The summed E-state index contributed by atoms with van der Waals surface area (Å²) in [6, 6.07) is 7.73. The molecule has 0 atom stereocenters. The maximum atomic E-state index is 5.29. The van der Waals surface area contributed by atoms with Gasteiger partial charge < -0.3 is 15.0 Å². The van der Waals surface area contributed by atoms with Crippen molar-refractivity contribution >= 4 is 22.7 Å². The van der Waals surface area contributed by atoms with Crippen LogP contribution < -0.4 is 10.1 Å². The second-order valence-electron chi connectivity index (χ2n) is 4.26. The lowest BCUT2D eigenvalue weighted by Gasteiger charge is -2.04. The fraction of sp³-hybridized carbons (Fsp3) is 0.143. The van der Waals surface area contributed by atoms with Crippen molar-refractivity contribution in [1.82, 2.24) is 15.0 Å². The molecule has 96 valence electrons. The molecule has 2 aromatic heterocycles. The number of aromatic amines is 1. The number of fused-ring (bicyclic) bond motifs is 1. The highest BCUT2D eigenvalue weighted by atomic mass is 16.5. The van der Waals surface area contributed by atoms with Gasteiger partial charge in [-0.05, 0) is 30.7 Å². The number of imidazole rings is 1. The summed E-state index contributed by atoms with van der Waals surface area (Å²) in [5.41, 5.74) is 3.79. The highest BCUT2D eigenvalue weighted by Crippen LogP contribution is 2.26. The number of nitrogens with zero attached hydrogens (tertiary/aromatic N) is 2. The van der Waals surface area contributed by atoms with Crippen molar-refractivity contribution in [3.63, 3.8) is 0 Å². The van der Waals surface area contributed by atoms with Gasteiger partial charge >= 0.3 is 0 Å². The summed E-state index contributed by atoms with van der Waals surface area (Å²) in [4.78, 5) is 11.8. The number of aryl methyl sites for hydroxylation is 1. The lowest BCUT2D eigenvalue weighted by atomic mass is 10.2. The van der Waals surface area contributed by atoms with Gasteiger partial charge in [-0.2, -0.15) is 0 Å². The van der Waals surface area contributed by atoms with E-state index >= 15 is 0 Å². The minimum atomic E-state index is 0.676. The van der Waals surface area contributed by atoms with E-state index in [1.165, 1.54) is 0 Å². The first-order chi connectivity index (χ1) is 9.28. The number of aromatic nitrogens is 3. The molecule has 19 heavy (non-hydrogen) atoms. The number of methoxy groups -OCH3 is 1. The van der Waals surface area contributed by atoms with E-state index in [1.54, 1.807) is 19.5 Å². The molecule has 0 unspecified atom stereocenters. The van der Waals surface area contributed by atoms with Crippen LogP contribution in [0.2, 0.25) is 0 Å². The standard InChI is InChI=1S/C14H14N4O/c1-9-6-7-15-8-11(9)17-14-16-10-4-3-5-12(19-2)13(10)18-14/h3-8H,1-2H3,(H2,16,17,18). The van der Waals surface area contributed by atoms with Crippen molar-refractivity contribution in [1.29, 1.82) is 0 Å². The summed E-state index contributed by atoms with van der Waals surface area (Å²) in [6.07, 6.45) is 3.54. The molecule has 0 spiro atoms. The fourth-order valence-corrected chi connectivity index (χ4v) is 1.95. The van der Waals surface area contributed by atoms with E-state index in [4.69, 9.17) is 4.74 Å². The second-order valence-corrected chi connectivity index (χ2v) is 4.26. The third kappa shape index (κ3) is 2.10. The number of anilines is 2. The largest absolute Gasteiger partial charge is 0.494 e. The summed E-state index contributed by atoms with van der Waals surface area (Å²) < 4.78 is 5.29. The number of hydrogen-bond acceptors (Lipinski definition) is 4. The van der Waals surface area contributed by atoms with Gasteiger partial charge in [0.15, 0.2) is 0 Å². The first-order valence-electron chi connectivity index (χ1n) is 5.98. The van der Waals surface area contributed by atoms with Gasteiger partial charge in [0, 0.05) is 6.20 Å². The van der Waals surface area contributed by atoms with Crippen LogP contribution in [-0.2, 0) is 0 Å². The molecule has 5 nitrogen and oxygen atoms in total. The Kier molecular flexibility index (Phi) is 2.79. The number of nitrogens with one attached hydrogen (secondary N) is 2. The Balaban J connectivity index is 2.00. The molecule has 0 saturated carbocycles. The highest BCUT2D eigenvalue weighted by Gasteiger charge is 2.08. The van der Waals surface area contributed by atoms with Crippen molar-refractivity contribution in [3.8, 4) is 5.75 Å². The van der Waals surface area contributed by atoms with Crippen molar-refractivity contribution in [2.45, 2.75) is 6.92 Å². The van der Waals surface area contributed by atoms with Gasteiger partial charge in [-0.15, -0.1) is 0 Å². The second kappa shape index (κ2) is 4.61. The molecule has 0 fully saturated rings. The molecule has 3 rings (SSSR count). The molecule has 0 aliphatic heterocycles. The zero-order valence-corrected chi connectivity index (χ0v) is 10.8. The molecule has 0 aliphatic rings. The number of para-hydroxylation sites is 1. The molecule has 0 saturated heterocycles. The molecule has 2 heterocycles. The van der Waals surface area contributed by atoms with Crippen LogP contribution in [-0.4, -0.2) is 22.1 Å². The van der Waals surface area contributed by atoms with Crippen molar-refractivity contribution < 1.29 is 4.74 Å². The Bertz CT molecular complexity index is 720. The molecule has 1 aromatic carbocycles. The summed E-state index contributed by atoms with van der Waals surface area (Å²) in [5.74, 6) is 1.43. The first kappa shape index (κ1) is 11.5. The Morgan fingerprint density at radius 3 is 2.95 bits per heavy atom. The average Bonchev–Trinajstić information content (AvgIpc) is 2.83. The lowest BCUT2D eigenvalue weighted by molar-refractivity contribution is 0.419. The SMILES string of the molecule is COc1cccc2[nH]c(Nc3cnccc3C)nc12. The van der Waals surface area contributed by atoms with Gasteiger partial charge in [-0.25, -0.2) is 4.98 Å². The van der Waals surface area contributed by atoms with E-state index in [-0.39, 0.29) is 0 Å². The van der Waals surface area contributed by atoms with Crippen molar-refractivity contribution in [2.24, 2.45) is 0 Å². The summed E-state index contributed by atoms with van der Waals surface area (Å²) in [5, 5.41) is 3.23. The molecule has 2 N–H and O–H groups in total. The number of pyridine rings is 1. The Morgan fingerprint density at radius 2 is 2.16 bits per heavy atom. The average molecular weight is 254 g/mol. The van der Waals surface area contributed by atoms with Gasteiger partial charge in [0.25, 0.3) is 0 Å². The number of rotatable bonds is 3. The van der Waals surface area contributed by atoms with E-state index in [0.29, 0.717) is 5.95 Å². The highest BCUT2D eigenvalue weighted by molar-refractivity contribution is 5.84. The van der Waals surface area contributed by atoms with Gasteiger partial charge in [0.05, 0.1) is 24.5 Å². The third-order valence-corrected chi connectivity index (χ3v) is 2.99. The van der Waals surface area contributed by atoms with Crippen LogP contribution in [0, 0.1) is 6.92 Å². The predicted octanol–water partition coefficient (Wildman–Crippen LogP) is 3.02. The molecular weight excluding hydrogens is 240 g/mol. The Hall–Kier alpha value is -2.56. The predicted molar refractivity (Wildman–Crippen MR) is 74.9 cm³/mol. The normalized spacial score (nSPS) is 10.6. The maximum Gasteiger partial charge on any atom is 0.205 e. The molecular formula is C14H14N4O. The molecule has 0 bridgehead atoms. The number of hydrogen-bond donors (Lipinski definition) is 2. The summed E-state index contributed by atoms with van der Waals surface area (Å²) >= 11 is 0. The molecule has 0 amide bonds. The smallest absolute Gasteiger partial charge is 0.205 e. The zero-order chi connectivity index (χ0) is 13.2. The first-order valence-corrected chi connectivity index (χ1v) is 5.98. The third-order valence-electron chi connectivity index (χ3n) is 2.99. The summed E-state index contributed by atoms with van der Waals surface area (Å²) in [7, 11) is 1.64. The number of H-pyrrole nitrogens is 1. The van der Waals surface area contributed by atoms with Gasteiger partial charge in [0.1, 0.15) is 11.3 Å². The maximum absolute atomic E-state index is 5.29. The van der Waals surface area contributed by atoms with Crippen molar-refractivity contribution in [2.75, 3.05) is 12.4 Å². The topological polar surface area (TPSA) is 62.8 Å². The van der Waals surface area contributed by atoms with Crippen molar-refractivity contribution in [3.05, 3.63) is 42.2 Å². The summed E-state index contributed by atoms with van der Waals surface area (Å²) in [6.45, 7) is 2.02.